The molecule has 0 atom stereocenters. The highest BCUT2D eigenvalue weighted by molar-refractivity contribution is 7.18. The Morgan fingerprint density at radius 1 is 1.06 bits per heavy atom. The highest BCUT2D eigenvalue weighted by Gasteiger charge is 2.20. The van der Waals surface area contributed by atoms with Crippen LogP contribution in [-0.2, 0) is 16.1 Å². The molecule has 4 aromatic rings. The number of carbonyl (C=O) groups excluding carboxylic acids is 2. The predicted molar refractivity (Wildman–Crippen MR) is 124 cm³/mol. The molecule has 31 heavy (non-hydrogen) atoms. The summed E-state index contributed by atoms with van der Waals surface area (Å²) in [5, 5.41) is 2.15. The van der Waals surface area contributed by atoms with Gasteiger partial charge in [0.15, 0.2) is 6.61 Å². The van der Waals surface area contributed by atoms with Gasteiger partial charge in [-0.2, -0.15) is 0 Å². The van der Waals surface area contributed by atoms with Gasteiger partial charge in [0, 0.05) is 17.6 Å². The molecule has 0 aliphatic heterocycles. The summed E-state index contributed by atoms with van der Waals surface area (Å²) in [5.41, 5.74) is 2.34. The van der Waals surface area contributed by atoms with Gasteiger partial charge in [0.1, 0.15) is 14.9 Å². The first-order valence-corrected chi connectivity index (χ1v) is 11.4. The second-order valence-electron chi connectivity index (χ2n) is 6.84. The molecule has 2 aromatic carbocycles. The molecule has 0 aliphatic carbocycles. The summed E-state index contributed by atoms with van der Waals surface area (Å²) < 4.78 is 6.33. The number of hydrogen-bond acceptors (Lipinski definition) is 7. The molecule has 9 heteroatoms. The molecule has 0 saturated heterocycles. The third kappa shape index (κ3) is 4.92. The van der Waals surface area contributed by atoms with Crippen molar-refractivity contribution in [2.24, 2.45) is 0 Å². The van der Waals surface area contributed by atoms with E-state index in [2.05, 4.69) is 9.97 Å². The summed E-state index contributed by atoms with van der Waals surface area (Å²) in [7, 11) is 1.67. The molecule has 0 radical (unpaired) electrons. The summed E-state index contributed by atoms with van der Waals surface area (Å²) >= 11 is 8.69. The van der Waals surface area contributed by atoms with Gasteiger partial charge in [0.05, 0.1) is 22.5 Å². The molecule has 0 bridgehead atoms. The number of hydrogen-bond donors (Lipinski definition) is 0. The first-order chi connectivity index (χ1) is 14.9. The average Bonchev–Trinajstić information content (AvgIpc) is 3.35. The second-order valence-corrected chi connectivity index (χ2v) is 9.39. The molecule has 0 aliphatic rings. The van der Waals surface area contributed by atoms with Gasteiger partial charge in [-0.3, -0.25) is 4.79 Å². The van der Waals surface area contributed by atoms with Crippen molar-refractivity contribution in [1.29, 1.82) is 0 Å². The van der Waals surface area contributed by atoms with Crippen LogP contribution in [0.25, 0.3) is 20.8 Å². The lowest BCUT2D eigenvalue weighted by Crippen LogP contribution is -2.30. The van der Waals surface area contributed by atoms with Crippen LogP contribution in [0.1, 0.15) is 20.4 Å². The van der Waals surface area contributed by atoms with E-state index < -0.39 is 5.97 Å². The molecule has 0 saturated carbocycles. The molecule has 0 unspecified atom stereocenters. The zero-order chi connectivity index (χ0) is 22.0. The third-order valence-corrected chi connectivity index (χ3v) is 7.00. The van der Waals surface area contributed by atoms with Crippen LogP contribution in [-0.4, -0.2) is 40.4 Å². The highest BCUT2D eigenvalue weighted by Crippen LogP contribution is 2.29. The topological polar surface area (TPSA) is 72.4 Å². The Balaban J connectivity index is 1.36. The van der Waals surface area contributed by atoms with Crippen molar-refractivity contribution in [2.75, 3.05) is 13.7 Å². The SMILES string of the molecule is Cc1nc(-c2ccc(Cl)cc2)sc1C(=O)OCC(=O)N(C)Cc1nc2ccccc2s1. The zero-order valence-electron chi connectivity index (χ0n) is 16.8. The first-order valence-electron chi connectivity index (χ1n) is 9.39. The van der Waals surface area contributed by atoms with E-state index in [0.29, 0.717) is 27.1 Å². The lowest BCUT2D eigenvalue weighted by atomic mass is 10.2. The van der Waals surface area contributed by atoms with E-state index in [1.54, 1.807) is 37.4 Å². The largest absolute Gasteiger partial charge is 0.451 e. The average molecular weight is 472 g/mol. The Morgan fingerprint density at radius 2 is 1.81 bits per heavy atom. The van der Waals surface area contributed by atoms with Crippen molar-refractivity contribution in [1.82, 2.24) is 14.9 Å². The maximum Gasteiger partial charge on any atom is 0.350 e. The number of amides is 1. The van der Waals surface area contributed by atoms with E-state index in [1.807, 2.05) is 36.4 Å². The Morgan fingerprint density at radius 3 is 2.55 bits per heavy atom. The van der Waals surface area contributed by atoms with Crippen molar-refractivity contribution >= 4 is 56.4 Å². The van der Waals surface area contributed by atoms with Gasteiger partial charge in [-0.1, -0.05) is 35.9 Å². The smallest absolute Gasteiger partial charge is 0.350 e. The van der Waals surface area contributed by atoms with Gasteiger partial charge in [0.25, 0.3) is 5.91 Å². The number of benzene rings is 2. The number of thiazole rings is 2. The molecule has 2 aromatic heterocycles. The van der Waals surface area contributed by atoms with Gasteiger partial charge >= 0.3 is 5.97 Å². The molecule has 4 rings (SSSR count). The van der Waals surface area contributed by atoms with Crippen LogP contribution in [0.5, 0.6) is 0 Å². The van der Waals surface area contributed by atoms with Gasteiger partial charge in [0.2, 0.25) is 0 Å². The fraction of sp³-hybridized carbons (Fsp3) is 0.182. The predicted octanol–water partition coefficient (Wildman–Crippen LogP) is 5.20. The van der Waals surface area contributed by atoms with E-state index in [4.69, 9.17) is 16.3 Å². The molecule has 0 fully saturated rings. The maximum absolute atomic E-state index is 12.5. The second kappa shape index (κ2) is 9.13. The summed E-state index contributed by atoms with van der Waals surface area (Å²) in [6.07, 6.45) is 0. The molecule has 1 amide bonds. The Labute approximate surface area is 192 Å². The van der Waals surface area contributed by atoms with Crippen molar-refractivity contribution < 1.29 is 14.3 Å². The van der Waals surface area contributed by atoms with Crippen molar-refractivity contribution in [3.8, 4) is 10.6 Å². The Hall–Kier alpha value is -2.81. The lowest BCUT2D eigenvalue weighted by molar-refractivity contribution is -0.133. The Bertz CT molecular complexity index is 1220. The third-order valence-electron chi connectivity index (χ3n) is 4.54. The monoisotopic (exact) mass is 471 g/mol. The first kappa shape index (κ1) is 21.4. The quantitative estimate of drug-likeness (QED) is 0.361. The van der Waals surface area contributed by atoms with E-state index >= 15 is 0 Å². The summed E-state index contributed by atoms with van der Waals surface area (Å²) in [5.74, 6) is -0.857. The van der Waals surface area contributed by atoms with E-state index in [1.165, 1.54) is 16.2 Å². The van der Waals surface area contributed by atoms with Crippen molar-refractivity contribution in [3.05, 3.63) is 69.1 Å². The number of aryl methyl sites for hydroxylation is 1. The van der Waals surface area contributed by atoms with E-state index in [-0.39, 0.29) is 12.5 Å². The summed E-state index contributed by atoms with van der Waals surface area (Å²) in [6.45, 7) is 1.76. The molecular formula is C22H18ClN3O3S2. The normalized spacial score (nSPS) is 10.9. The zero-order valence-corrected chi connectivity index (χ0v) is 19.2. The Kier molecular flexibility index (Phi) is 6.31. The molecule has 0 spiro atoms. The molecule has 0 N–H and O–H groups in total. The van der Waals surface area contributed by atoms with E-state index in [0.717, 1.165) is 20.8 Å². The van der Waals surface area contributed by atoms with Crippen LogP contribution in [0, 0.1) is 6.92 Å². The van der Waals surface area contributed by atoms with Crippen LogP contribution >= 0.6 is 34.3 Å². The fourth-order valence-electron chi connectivity index (χ4n) is 2.88. The van der Waals surface area contributed by atoms with Gasteiger partial charge < -0.3 is 9.64 Å². The number of likely N-dealkylation sites (N-methyl/N-ethyl adjacent to an activating group) is 1. The molecule has 2 heterocycles. The summed E-state index contributed by atoms with van der Waals surface area (Å²) in [6, 6.07) is 15.0. The number of rotatable bonds is 6. The minimum absolute atomic E-state index is 0.298. The number of carbonyl (C=O) groups is 2. The number of nitrogens with zero attached hydrogens (tertiary/aromatic N) is 3. The van der Waals surface area contributed by atoms with Crippen molar-refractivity contribution in [3.63, 3.8) is 0 Å². The number of fused-ring (bicyclic) bond motifs is 1. The molecule has 6 nitrogen and oxygen atoms in total. The molecule has 158 valence electrons. The maximum atomic E-state index is 12.5. The number of ether oxygens (including phenoxy) is 1. The minimum atomic E-state index is -0.558. The van der Waals surface area contributed by atoms with Crippen LogP contribution in [0.2, 0.25) is 5.02 Å². The lowest BCUT2D eigenvalue weighted by Gasteiger charge is -2.15. The summed E-state index contributed by atoms with van der Waals surface area (Å²) in [4.78, 5) is 35.8. The van der Waals surface area contributed by atoms with E-state index in [9.17, 15) is 9.59 Å². The number of aromatic nitrogens is 2. The fourth-order valence-corrected chi connectivity index (χ4v) is 5.00. The van der Waals surface area contributed by atoms with Crippen LogP contribution in [0.15, 0.2) is 48.5 Å². The highest BCUT2D eigenvalue weighted by atomic mass is 35.5. The van der Waals surface area contributed by atoms with Crippen LogP contribution in [0.4, 0.5) is 0 Å². The van der Waals surface area contributed by atoms with Crippen LogP contribution < -0.4 is 0 Å². The molecular weight excluding hydrogens is 454 g/mol. The van der Waals surface area contributed by atoms with Crippen LogP contribution in [0.3, 0.4) is 0 Å². The number of para-hydroxylation sites is 1. The minimum Gasteiger partial charge on any atom is -0.451 e. The van der Waals surface area contributed by atoms with Crippen molar-refractivity contribution in [2.45, 2.75) is 13.5 Å². The van der Waals surface area contributed by atoms with Gasteiger partial charge in [-0.25, -0.2) is 14.8 Å². The standard InChI is InChI=1S/C22H18ClN3O3S2/c1-13-20(31-21(24-13)14-7-9-15(23)10-8-14)22(28)29-12-19(27)26(2)11-18-25-16-5-3-4-6-17(16)30-18/h3-10H,11-12H2,1-2H3. The van der Waals surface area contributed by atoms with Gasteiger partial charge in [-0.15, -0.1) is 22.7 Å². The number of esters is 1. The number of halogens is 1. The van der Waals surface area contributed by atoms with Gasteiger partial charge in [-0.05, 0) is 31.2 Å².